The van der Waals surface area contributed by atoms with E-state index >= 15 is 0 Å². The molecule has 1 unspecified atom stereocenters. The topological polar surface area (TPSA) is 143 Å². The molecule has 0 radical (unpaired) electrons. The summed E-state index contributed by atoms with van der Waals surface area (Å²) in [5.41, 5.74) is 1.36. The van der Waals surface area contributed by atoms with Crippen molar-refractivity contribution in [1.29, 1.82) is 0 Å². The lowest BCUT2D eigenvalue weighted by molar-refractivity contribution is -0.125. The minimum atomic E-state index is -4.13. The van der Waals surface area contributed by atoms with Gasteiger partial charge >= 0.3 is 0 Å². The Kier molecular flexibility index (Phi) is 9.13. The highest BCUT2D eigenvalue weighted by Gasteiger charge is 2.41. The number of hydrogen-bond donors (Lipinski definition) is 3. The molecule has 0 aliphatic carbocycles. The number of halogens is 3. The van der Waals surface area contributed by atoms with Crippen LogP contribution in [0.5, 0.6) is 5.75 Å². The number of benzene rings is 2. The summed E-state index contributed by atoms with van der Waals surface area (Å²) in [7, 11) is -2.78. The van der Waals surface area contributed by atoms with Gasteiger partial charge in [-0.3, -0.25) is 4.79 Å². The first-order chi connectivity index (χ1) is 20.5. The molecule has 0 spiro atoms. The average molecular weight is 638 g/mol. The number of methoxy groups -OCH3 is 1. The summed E-state index contributed by atoms with van der Waals surface area (Å²) in [5.74, 6) is -0.970. The number of nitrogens with zero attached hydrogens (tertiary/aromatic N) is 3. The number of anilines is 1. The summed E-state index contributed by atoms with van der Waals surface area (Å²) in [6, 6.07) is 5.76. The number of fused-ring (bicyclic) bond motifs is 1. The SMILES string of the molecule is COc1cc(F)cc([C@@H](CO)NC(=O)[C@@H](C)N2Cc3ccc(-c4nc(NC5CCOC[C@H]5F)ncc4Cl)cc3S2(=O)=O)c1. The lowest BCUT2D eigenvalue weighted by Gasteiger charge is -2.26. The summed E-state index contributed by atoms with van der Waals surface area (Å²) in [4.78, 5) is 21.7. The van der Waals surface area contributed by atoms with E-state index in [0.29, 0.717) is 24.2 Å². The maximum absolute atomic E-state index is 14.3. The average Bonchev–Trinajstić information content (AvgIpc) is 3.26. The smallest absolute Gasteiger partial charge is 0.244 e. The summed E-state index contributed by atoms with van der Waals surface area (Å²) in [6.45, 7) is 1.16. The number of alkyl halides is 1. The third kappa shape index (κ3) is 6.43. The Hall–Kier alpha value is -3.43. The number of amides is 1. The van der Waals surface area contributed by atoms with Gasteiger partial charge in [0.05, 0.1) is 54.2 Å². The van der Waals surface area contributed by atoms with Crippen LogP contribution in [0.25, 0.3) is 11.3 Å². The highest BCUT2D eigenvalue weighted by molar-refractivity contribution is 7.89. The first kappa shape index (κ1) is 31.0. The van der Waals surface area contributed by atoms with E-state index in [2.05, 4.69) is 20.6 Å². The molecule has 1 amide bonds. The fourth-order valence-electron chi connectivity index (χ4n) is 5.03. The molecule has 5 rings (SSSR count). The second-order valence-corrected chi connectivity index (χ2v) is 12.5. The molecule has 2 aliphatic heterocycles. The fourth-order valence-corrected chi connectivity index (χ4v) is 7.04. The van der Waals surface area contributed by atoms with Crippen molar-refractivity contribution in [2.24, 2.45) is 0 Å². The van der Waals surface area contributed by atoms with E-state index in [9.17, 15) is 27.1 Å². The molecule has 11 nitrogen and oxygen atoms in total. The molecule has 0 bridgehead atoms. The van der Waals surface area contributed by atoms with Crippen LogP contribution in [0, 0.1) is 5.82 Å². The van der Waals surface area contributed by atoms with Gasteiger partial charge in [-0.15, -0.1) is 0 Å². The van der Waals surface area contributed by atoms with Crippen molar-refractivity contribution in [3.63, 3.8) is 0 Å². The first-order valence-corrected chi connectivity index (χ1v) is 15.3. The maximum atomic E-state index is 14.3. The Morgan fingerprint density at radius 2 is 2.09 bits per heavy atom. The van der Waals surface area contributed by atoms with Gasteiger partial charge in [-0.2, -0.15) is 4.31 Å². The van der Waals surface area contributed by atoms with Gasteiger partial charge in [-0.05, 0) is 42.7 Å². The van der Waals surface area contributed by atoms with E-state index in [0.717, 1.165) is 16.4 Å². The van der Waals surface area contributed by atoms with Gasteiger partial charge in [0.15, 0.2) is 0 Å². The molecule has 3 N–H and O–H groups in total. The number of aliphatic hydroxyl groups excluding tert-OH is 1. The van der Waals surface area contributed by atoms with Crippen molar-refractivity contribution < 1.29 is 36.6 Å². The van der Waals surface area contributed by atoms with Crippen molar-refractivity contribution in [2.75, 3.05) is 32.2 Å². The van der Waals surface area contributed by atoms with Crippen LogP contribution in [-0.4, -0.2) is 78.9 Å². The summed E-state index contributed by atoms with van der Waals surface area (Å²) in [6.07, 6.45) is 0.540. The lowest BCUT2D eigenvalue weighted by Crippen LogP contribution is -2.46. The fraction of sp³-hybridized carbons (Fsp3) is 0.393. The normalized spacial score (nSPS) is 21.1. The maximum Gasteiger partial charge on any atom is 0.244 e. The molecule has 3 aromatic rings. The molecule has 4 atom stereocenters. The summed E-state index contributed by atoms with van der Waals surface area (Å²) < 4.78 is 66.7. The monoisotopic (exact) mass is 637 g/mol. The van der Waals surface area contributed by atoms with E-state index in [1.165, 1.54) is 32.4 Å². The van der Waals surface area contributed by atoms with Crippen LogP contribution in [0.4, 0.5) is 14.7 Å². The van der Waals surface area contributed by atoms with Gasteiger partial charge < -0.3 is 25.2 Å². The number of rotatable bonds is 9. The largest absolute Gasteiger partial charge is 0.497 e. The Balaban J connectivity index is 1.35. The molecular weight excluding hydrogens is 608 g/mol. The quantitative estimate of drug-likeness (QED) is 0.322. The molecule has 1 fully saturated rings. The molecule has 1 saturated heterocycles. The molecule has 2 aromatic carbocycles. The van der Waals surface area contributed by atoms with Crippen molar-refractivity contribution in [2.45, 2.75) is 49.1 Å². The predicted octanol–water partition coefficient (Wildman–Crippen LogP) is 3.23. The van der Waals surface area contributed by atoms with Crippen LogP contribution >= 0.6 is 11.6 Å². The van der Waals surface area contributed by atoms with Gasteiger partial charge in [0.2, 0.25) is 21.9 Å². The molecule has 2 aliphatic rings. The molecule has 15 heteroatoms. The third-order valence-corrected chi connectivity index (χ3v) is 9.72. The minimum absolute atomic E-state index is 0.0179. The Morgan fingerprint density at radius 3 is 2.81 bits per heavy atom. The van der Waals surface area contributed by atoms with Crippen LogP contribution < -0.4 is 15.4 Å². The molecular formula is C28H30ClF2N5O6S. The number of sulfonamides is 1. The number of hydrogen-bond acceptors (Lipinski definition) is 9. The van der Waals surface area contributed by atoms with Gasteiger partial charge in [0.25, 0.3) is 0 Å². The predicted molar refractivity (Wildman–Crippen MR) is 153 cm³/mol. The van der Waals surface area contributed by atoms with Crippen LogP contribution in [0.2, 0.25) is 5.02 Å². The van der Waals surface area contributed by atoms with Gasteiger partial charge in [0, 0.05) is 24.8 Å². The molecule has 3 heterocycles. The number of aromatic nitrogens is 2. The van der Waals surface area contributed by atoms with Crippen molar-refractivity contribution in [3.05, 3.63) is 64.6 Å². The number of aliphatic hydroxyl groups is 1. The van der Waals surface area contributed by atoms with E-state index < -0.39 is 52.7 Å². The molecule has 230 valence electrons. The summed E-state index contributed by atoms with van der Waals surface area (Å²) in [5, 5.41) is 15.6. The zero-order valence-corrected chi connectivity index (χ0v) is 24.8. The van der Waals surface area contributed by atoms with Crippen LogP contribution in [0.3, 0.4) is 0 Å². The third-order valence-electron chi connectivity index (χ3n) is 7.44. The Bertz CT molecular complexity index is 1630. The van der Waals surface area contributed by atoms with Gasteiger partial charge in [0.1, 0.15) is 23.8 Å². The number of nitrogens with one attached hydrogen (secondary N) is 2. The van der Waals surface area contributed by atoms with E-state index in [1.54, 1.807) is 12.1 Å². The van der Waals surface area contributed by atoms with Gasteiger partial charge in [-0.25, -0.2) is 27.2 Å². The first-order valence-electron chi connectivity index (χ1n) is 13.4. The second-order valence-electron chi connectivity index (χ2n) is 10.2. The molecule has 0 saturated carbocycles. The number of ether oxygens (including phenoxy) is 2. The Labute approximate surface area is 252 Å². The molecule has 43 heavy (non-hydrogen) atoms. The van der Waals surface area contributed by atoms with E-state index in [-0.39, 0.29) is 46.0 Å². The van der Waals surface area contributed by atoms with Crippen LogP contribution in [0.15, 0.2) is 47.5 Å². The van der Waals surface area contributed by atoms with Crippen molar-refractivity contribution in [3.8, 4) is 17.0 Å². The van der Waals surface area contributed by atoms with E-state index in [1.807, 2.05) is 0 Å². The zero-order chi connectivity index (χ0) is 30.9. The second kappa shape index (κ2) is 12.7. The molecule has 1 aromatic heterocycles. The van der Waals surface area contributed by atoms with Gasteiger partial charge in [-0.1, -0.05) is 23.7 Å². The van der Waals surface area contributed by atoms with E-state index in [4.69, 9.17) is 21.1 Å². The number of carbonyl (C=O) groups is 1. The zero-order valence-electron chi connectivity index (χ0n) is 23.3. The van der Waals surface area contributed by atoms with Crippen molar-refractivity contribution in [1.82, 2.24) is 19.6 Å². The van der Waals surface area contributed by atoms with Crippen molar-refractivity contribution >= 4 is 33.5 Å². The highest BCUT2D eigenvalue weighted by Crippen LogP contribution is 2.37. The number of carbonyl (C=O) groups excluding carboxylic acids is 1. The van der Waals surface area contributed by atoms with Crippen LogP contribution in [0.1, 0.15) is 30.5 Å². The summed E-state index contributed by atoms with van der Waals surface area (Å²) >= 11 is 6.37. The lowest BCUT2D eigenvalue weighted by atomic mass is 10.1. The Morgan fingerprint density at radius 1 is 1.30 bits per heavy atom. The van der Waals surface area contributed by atoms with Crippen LogP contribution in [-0.2, 0) is 26.1 Å². The highest BCUT2D eigenvalue weighted by atomic mass is 35.5. The standard InChI is InChI=1S/C28H30ClF2N5O6S/c1-15(27(38)33-24(13-37)18-7-19(30)10-20(8-18)41-2)36-12-17-4-3-16(9-25(17)43(36,39)40)26-21(29)11-32-28(35-26)34-23-5-6-42-14-22(23)31/h3-4,7-11,15,22-24,37H,5-6,12-14H2,1-2H3,(H,33,38)(H,32,34,35)/t15-,22-,23?,24-/m1/s1. The minimum Gasteiger partial charge on any atom is -0.497 e.